The van der Waals surface area contributed by atoms with Crippen molar-refractivity contribution in [3.8, 4) is 0 Å². The van der Waals surface area contributed by atoms with Crippen LogP contribution in [-0.4, -0.2) is 54.6 Å². The molecule has 1 aliphatic heterocycles. The van der Waals surface area contributed by atoms with E-state index in [-0.39, 0.29) is 0 Å². The fraction of sp³-hybridized carbons (Fsp3) is 1.00. The van der Waals surface area contributed by atoms with Gasteiger partial charge in [-0.1, -0.05) is 19.8 Å². The van der Waals surface area contributed by atoms with Gasteiger partial charge in [0.1, 0.15) is 0 Å². The minimum atomic E-state index is 0.463. The third-order valence-electron chi connectivity index (χ3n) is 5.81. The molecule has 3 atom stereocenters. The van der Waals surface area contributed by atoms with Crippen LogP contribution in [-0.2, 0) is 0 Å². The highest BCUT2D eigenvalue weighted by molar-refractivity contribution is 4.89. The zero-order valence-electron chi connectivity index (χ0n) is 13.3. The van der Waals surface area contributed by atoms with E-state index in [1.165, 1.54) is 77.7 Å². The predicted octanol–water partition coefficient (Wildman–Crippen LogP) is 2.31. The monoisotopic (exact) mass is 279 g/mol. The number of hydrogen-bond acceptors (Lipinski definition) is 3. The molecule has 3 heteroatoms. The van der Waals surface area contributed by atoms with Gasteiger partial charge in [0, 0.05) is 44.8 Å². The van der Waals surface area contributed by atoms with Crippen LogP contribution in [0.25, 0.3) is 0 Å². The first-order valence-corrected chi connectivity index (χ1v) is 8.98. The summed E-state index contributed by atoms with van der Waals surface area (Å²) in [5.41, 5.74) is 6.40. The SMILES string of the molecule is CCCC1CCC(N)C(CN2CCN(C3CC3)CC2)C1. The quantitative estimate of drug-likeness (QED) is 0.838. The molecule has 20 heavy (non-hydrogen) atoms. The van der Waals surface area contributed by atoms with Crippen LogP contribution < -0.4 is 5.73 Å². The van der Waals surface area contributed by atoms with Crippen molar-refractivity contribution >= 4 is 0 Å². The molecule has 3 aliphatic rings. The molecule has 0 aromatic heterocycles. The predicted molar refractivity (Wildman–Crippen MR) is 84.7 cm³/mol. The average Bonchev–Trinajstić information content (AvgIpc) is 3.28. The Kier molecular flexibility index (Phi) is 5.00. The molecule has 0 aromatic rings. The normalized spacial score (nSPS) is 37.2. The lowest BCUT2D eigenvalue weighted by Crippen LogP contribution is -2.51. The smallest absolute Gasteiger partial charge is 0.0113 e. The molecule has 2 saturated carbocycles. The van der Waals surface area contributed by atoms with Crippen molar-refractivity contribution in [1.29, 1.82) is 0 Å². The van der Waals surface area contributed by atoms with Gasteiger partial charge in [0.15, 0.2) is 0 Å². The zero-order chi connectivity index (χ0) is 13.9. The molecular formula is C17H33N3. The maximum atomic E-state index is 6.40. The van der Waals surface area contributed by atoms with E-state index in [2.05, 4.69) is 16.7 Å². The van der Waals surface area contributed by atoms with E-state index < -0.39 is 0 Å². The van der Waals surface area contributed by atoms with Crippen LogP contribution in [0, 0.1) is 11.8 Å². The molecule has 2 N–H and O–H groups in total. The Morgan fingerprint density at radius 1 is 1.00 bits per heavy atom. The van der Waals surface area contributed by atoms with Gasteiger partial charge in [-0.05, 0) is 43.9 Å². The highest BCUT2D eigenvalue weighted by Gasteiger charge is 2.33. The third-order valence-corrected chi connectivity index (χ3v) is 5.81. The average molecular weight is 279 g/mol. The van der Waals surface area contributed by atoms with Crippen LogP contribution in [0.4, 0.5) is 0 Å². The lowest BCUT2D eigenvalue weighted by molar-refractivity contribution is 0.0907. The zero-order valence-corrected chi connectivity index (χ0v) is 13.3. The molecular weight excluding hydrogens is 246 g/mol. The van der Waals surface area contributed by atoms with Crippen molar-refractivity contribution in [3.63, 3.8) is 0 Å². The van der Waals surface area contributed by atoms with Gasteiger partial charge < -0.3 is 10.6 Å². The summed E-state index contributed by atoms with van der Waals surface area (Å²) in [4.78, 5) is 5.40. The summed E-state index contributed by atoms with van der Waals surface area (Å²) in [6.07, 6.45) is 9.68. The van der Waals surface area contributed by atoms with E-state index in [1.807, 2.05) is 0 Å². The molecule has 1 heterocycles. The Hall–Kier alpha value is -0.120. The van der Waals surface area contributed by atoms with E-state index in [0.717, 1.165) is 17.9 Å². The lowest BCUT2D eigenvalue weighted by atomic mass is 9.76. The maximum absolute atomic E-state index is 6.40. The van der Waals surface area contributed by atoms with Crippen LogP contribution in [0.1, 0.15) is 51.9 Å². The van der Waals surface area contributed by atoms with Crippen LogP contribution in [0.2, 0.25) is 0 Å². The van der Waals surface area contributed by atoms with E-state index >= 15 is 0 Å². The largest absolute Gasteiger partial charge is 0.327 e. The molecule has 3 rings (SSSR count). The number of nitrogens with zero attached hydrogens (tertiary/aromatic N) is 2. The number of nitrogens with two attached hydrogens (primary N) is 1. The first kappa shape index (κ1) is 14.8. The minimum absolute atomic E-state index is 0.463. The van der Waals surface area contributed by atoms with Crippen molar-refractivity contribution < 1.29 is 0 Å². The minimum Gasteiger partial charge on any atom is -0.327 e. The Morgan fingerprint density at radius 3 is 2.40 bits per heavy atom. The highest BCUT2D eigenvalue weighted by atomic mass is 15.3. The van der Waals surface area contributed by atoms with E-state index in [0.29, 0.717) is 6.04 Å². The molecule has 3 fully saturated rings. The Morgan fingerprint density at radius 2 is 1.75 bits per heavy atom. The second-order valence-electron chi connectivity index (χ2n) is 7.46. The molecule has 0 spiro atoms. The molecule has 0 aromatic carbocycles. The van der Waals surface area contributed by atoms with Gasteiger partial charge in [-0.15, -0.1) is 0 Å². The Labute approximate surface area is 124 Å². The fourth-order valence-corrected chi connectivity index (χ4v) is 4.35. The molecule has 3 unspecified atom stereocenters. The number of hydrogen-bond donors (Lipinski definition) is 1. The van der Waals surface area contributed by atoms with Crippen molar-refractivity contribution in [2.45, 2.75) is 64.0 Å². The topological polar surface area (TPSA) is 32.5 Å². The first-order valence-electron chi connectivity index (χ1n) is 8.98. The molecule has 0 bridgehead atoms. The second kappa shape index (κ2) is 6.76. The van der Waals surface area contributed by atoms with Crippen LogP contribution in [0.5, 0.6) is 0 Å². The Bertz CT molecular complexity index is 295. The van der Waals surface area contributed by atoms with E-state index in [9.17, 15) is 0 Å². The van der Waals surface area contributed by atoms with Crippen molar-refractivity contribution in [2.24, 2.45) is 17.6 Å². The number of rotatable bonds is 5. The third kappa shape index (κ3) is 3.75. The van der Waals surface area contributed by atoms with E-state index in [4.69, 9.17) is 5.73 Å². The second-order valence-corrected chi connectivity index (χ2v) is 7.46. The highest BCUT2D eigenvalue weighted by Crippen LogP contribution is 2.32. The summed E-state index contributed by atoms with van der Waals surface area (Å²) < 4.78 is 0. The molecule has 0 amide bonds. The van der Waals surface area contributed by atoms with Gasteiger partial charge >= 0.3 is 0 Å². The van der Waals surface area contributed by atoms with Gasteiger partial charge in [0.05, 0.1) is 0 Å². The summed E-state index contributed by atoms with van der Waals surface area (Å²) in [6.45, 7) is 8.73. The molecule has 0 radical (unpaired) electrons. The van der Waals surface area contributed by atoms with Crippen LogP contribution in [0.15, 0.2) is 0 Å². The number of piperazine rings is 1. The summed E-state index contributed by atoms with van der Waals surface area (Å²) >= 11 is 0. The van der Waals surface area contributed by atoms with Crippen LogP contribution >= 0.6 is 0 Å². The molecule has 116 valence electrons. The lowest BCUT2D eigenvalue weighted by Gasteiger charge is -2.40. The Balaban J connectivity index is 1.44. The van der Waals surface area contributed by atoms with Crippen molar-refractivity contribution in [2.75, 3.05) is 32.7 Å². The summed E-state index contributed by atoms with van der Waals surface area (Å²) in [7, 11) is 0. The summed E-state index contributed by atoms with van der Waals surface area (Å²) in [6, 6.07) is 1.41. The summed E-state index contributed by atoms with van der Waals surface area (Å²) in [5, 5.41) is 0. The van der Waals surface area contributed by atoms with Crippen LogP contribution in [0.3, 0.4) is 0 Å². The van der Waals surface area contributed by atoms with Gasteiger partial charge in [-0.2, -0.15) is 0 Å². The molecule has 3 nitrogen and oxygen atoms in total. The fourth-order valence-electron chi connectivity index (χ4n) is 4.35. The standard InChI is InChI=1S/C17H33N3/c1-2-3-14-4-7-17(18)15(12-14)13-19-8-10-20(11-9-19)16-5-6-16/h14-17H,2-13,18H2,1H3. The van der Waals surface area contributed by atoms with Gasteiger partial charge in [0.2, 0.25) is 0 Å². The van der Waals surface area contributed by atoms with Gasteiger partial charge in [0.25, 0.3) is 0 Å². The van der Waals surface area contributed by atoms with Gasteiger partial charge in [-0.25, -0.2) is 0 Å². The van der Waals surface area contributed by atoms with E-state index in [1.54, 1.807) is 0 Å². The first-order chi connectivity index (χ1) is 9.76. The van der Waals surface area contributed by atoms with Gasteiger partial charge in [-0.3, -0.25) is 4.90 Å². The molecule has 2 aliphatic carbocycles. The van der Waals surface area contributed by atoms with Crippen molar-refractivity contribution in [3.05, 3.63) is 0 Å². The summed E-state index contributed by atoms with van der Waals surface area (Å²) in [5.74, 6) is 1.71. The van der Waals surface area contributed by atoms with Crippen molar-refractivity contribution in [1.82, 2.24) is 9.80 Å². The molecule has 1 saturated heterocycles. The maximum Gasteiger partial charge on any atom is 0.0113 e.